The van der Waals surface area contributed by atoms with Gasteiger partial charge in [0.1, 0.15) is 0 Å². The molecule has 2 rings (SSSR count). The van der Waals surface area contributed by atoms with E-state index in [0.29, 0.717) is 0 Å². The van der Waals surface area contributed by atoms with E-state index in [1.165, 1.54) is 9.13 Å². The van der Waals surface area contributed by atoms with Crippen LogP contribution in [-0.2, 0) is 5.41 Å². The molecule has 3 heteroatoms. The van der Waals surface area contributed by atoms with Crippen LogP contribution in [0.15, 0.2) is 46.9 Å². The molecule has 0 spiro atoms. The first-order valence-electron chi connectivity index (χ1n) is 7.16. The van der Waals surface area contributed by atoms with Crippen LogP contribution < -0.4 is 5.73 Å². The monoisotopic (exact) mass is 457 g/mol. The van der Waals surface area contributed by atoms with Crippen LogP contribution in [0.3, 0.4) is 0 Å². The van der Waals surface area contributed by atoms with Gasteiger partial charge in [0, 0.05) is 8.04 Å². The molecule has 0 amide bonds. The minimum absolute atomic E-state index is 0.104. The molecule has 2 aromatic carbocycles. The zero-order valence-electron chi connectivity index (χ0n) is 12.7. The highest BCUT2D eigenvalue weighted by Crippen LogP contribution is 2.31. The van der Waals surface area contributed by atoms with Gasteiger partial charge in [-0.2, -0.15) is 0 Å². The van der Waals surface area contributed by atoms with Crippen LogP contribution >= 0.6 is 38.5 Å². The Morgan fingerprint density at radius 2 is 1.76 bits per heavy atom. The molecule has 1 nitrogen and oxygen atoms in total. The second kappa shape index (κ2) is 6.80. The van der Waals surface area contributed by atoms with Gasteiger partial charge < -0.3 is 5.73 Å². The zero-order chi connectivity index (χ0) is 15.6. The second-order valence-corrected chi connectivity index (χ2v) is 8.10. The molecule has 112 valence electrons. The lowest BCUT2D eigenvalue weighted by atomic mass is 9.81. The number of nitrogens with two attached hydrogens (primary N) is 1. The largest absolute Gasteiger partial charge is 0.320 e. The maximum atomic E-state index is 6.44. The standard InChI is InChI=1S/C18H21BrIN/c1-4-18(2,3)13-7-5-12(6-8-13)17(21)15-11-14(20)9-10-16(15)19/h5-11,17H,4,21H2,1-3H3. The first-order chi connectivity index (χ1) is 9.85. The summed E-state index contributed by atoms with van der Waals surface area (Å²) in [7, 11) is 0. The predicted molar refractivity (Wildman–Crippen MR) is 103 cm³/mol. The molecule has 0 aromatic heterocycles. The highest BCUT2D eigenvalue weighted by Gasteiger charge is 2.19. The summed E-state index contributed by atoms with van der Waals surface area (Å²) in [6, 6.07) is 14.9. The SMILES string of the molecule is CCC(C)(C)c1ccc(C(N)c2cc(I)ccc2Br)cc1. The van der Waals surface area contributed by atoms with E-state index in [4.69, 9.17) is 5.73 Å². The third-order valence-corrected chi connectivity index (χ3v) is 5.62. The second-order valence-electron chi connectivity index (χ2n) is 6.00. The van der Waals surface area contributed by atoms with Gasteiger partial charge in [-0.1, -0.05) is 61.0 Å². The third kappa shape index (κ3) is 3.88. The van der Waals surface area contributed by atoms with Gasteiger partial charge in [-0.3, -0.25) is 0 Å². The quantitative estimate of drug-likeness (QED) is 0.577. The van der Waals surface area contributed by atoms with Crippen LogP contribution in [0.25, 0.3) is 0 Å². The smallest absolute Gasteiger partial charge is 0.0563 e. The van der Waals surface area contributed by atoms with E-state index < -0.39 is 0 Å². The van der Waals surface area contributed by atoms with Gasteiger partial charge in [0.25, 0.3) is 0 Å². The van der Waals surface area contributed by atoms with E-state index in [0.717, 1.165) is 22.0 Å². The Morgan fingerprint density at radius 3 is 2.33 bits per heavy atom. The van der Waals surface area contributed by atoms with Gasteiger partial charge in [0.05, 0.1) is 6.04 Å². The van der Waals surface area contributed by atoms with Crippen LogP contribution in [0.1, 0.15) is 49.9 Å². The van der Waals surface area contributed by atoms with Crippen LogP contribution in [0.5, 0.6) is 0 Å². The summed E-state index contributed by atoms with van der Waals surface area (Å²) in [5.74, 6) is 0. The molecule has 0 aliphatic heterocycles. The molecule has 0 heterocycles. The van der Waals surface area contributed by atoms with E-state index in [9.17, 15) is 0 Å². The summed E-state index contributed by atoms with van der Waals surface area (Å²) in [6.07, 6.45) is 1.13. The molecule has 2 aromatic rings. The molecule has 1 unspecified atom stereocenters. The highest BCUT2D eigenvalue weighted by atomic mass is 127. The Balaban J connectivity index is 2.32. The summed E-state index contributed by atoms with van der Waals surface area (Å²) < 4.78 is 2.26. The fraction of sp³-hybridized carbons (Fsp3) is 0.333. The number of hydrogen-bond donors (Lipinski definition) is 1. The predicted octanol–water partition coefficient (Wildman–Crippen LogP) is 5.79. The number of benzene rings is 2. The van der Waals surface area contributed by atoms with Crippen LogP contribution in [0.4, 0.5) is 0 Å². The van der Waals surface area contributed by atoms with Crippen molar-refractivity contribution >= 4 is 38.5 Å². The molecule has 0 fully saturated rings. The number of rotatable bonds is 4. The number of hydrogen-bond acceptors (Lipinski definition) is 1. The molecule has 21 heavy (non-hydrogen) atoms. The molecular formula is C18H21BrIN. The Kier molecular flexibility index (Phi) is 5.49. The first kappa shape index (κ1) is 17.0. The van der Waals surface area contributed by atoms with Gasteiger partial charge in [-0.15, -0.1) is 0 Å². The molecular weight excluding hydrogens is 437 g/mol. The molecule has 0 aliphatic carbocycles. The number of halogens is 2. The molecule has 1 atom stereocenters. The maximum absolute atomic E-state index is 6.44. The van der Waals surface area contributed by atoms with Crippen molar-refractivity contribution in [2.24, 2.45) is 5.73 Å². The summed E-state index contributed by atoms with van der Waals surface area (Å²) in [5.41, 5.74) is 10.3. The summed E-state index contributed by atoms with van der Waals surface area (Å²) in [5, 5.41) is 0. The molecule has 0 bridgehead atoms. The summed E-state index contributed by atoms with van der Waals surface area (Å²) in [4.78, 5) is 0. The maximum Gasteiger partial charge on any atom is 0.0563 e. The lowest BCUT2D eigenvalue weighted by molar-refractivity contribution is 0.506. The topological polar surface area (TPSA) is 26.0 Å². The van der Waals surface area contributed by atoms with Crippen LogP contribution in [0, 0.1) is 3.57 Å². The van der Waals surface area contributed by atoms with Crippen molar-refractivity contribution in [3.63, 3.8) is 0 Å². The van der Waals surface area contributed by atoms with Gasteiger partial charge in [-0.25, -0.2) is 0 Å². The lowest BCUT2D eigenvalue weighted by Gasteiger charge is -2.24. The van der Waals surface area contributed by atoms with E-state index >= 15 is 0 Å². The summed E-state index contributed by atoms with van der Waals surface area (Å²) >= 11 is 5.92. The molecule has 0 radical (unpaired) electrons. The Labute approximate surface area is 149 Å². The van der Waals surface area contributed by atoms with Crippen molar-refractivity contribution < 1.29 is 0 Å². The van der Waals surface area contributed by atoms with E-state index in [2.05, 4.69) is 102 Å². The normalized spacial score (nSPS) is 13.2. The fourth-order valence-corrected chi connectivity index (χ4v) is 3.29. The van der Waals surface area contributed by atoms with Crippen molar-refractivity contribution in [1.82, 2.24) is 0 Å². The third-order valence-electron chi connectivity index (χ3n) is 4.23. The van der Waals surface area contributed by atoms with Crippen molar-refractivity contribution in [3.05, 3.63) is 67.2 Å². The summed E-state index contributed by atoms with van der Waals surface area (Å²) in [6.45, 7) is 6.78. The van der Waals surface area contributed by atoms with Crippen molar-refractivity contribution in [2.75, 3.05) is 0 Å². The molecule has 0 aliphatic rings. The van der Waals surface area contributed by atoms with Crippen molar-refractivity contribution in [3.8, 4) is 0 Å². The van der Waals surface area contributed by atoms with Crippen molar-refractivity contribution in [2.45, 2.75) is 38.6 Å². The van der Waals surface area contributed by atoms with Gasteiger partial charge in [0.2, 0.25) is 0 Å². The Hall–Kier alpha value is -0.390. The minimum Gasteiger partial charge on any atom is -0.320 e. The average Bonchev–Trinajstić information content (AvgIpc) is 2.49. The molecule has 0 saturated carbocycles. The molecule has 2 N–H and O–H groups in total. The van der Waals surface area contributed by atoms with Crippen molar-refractivity contribution in [1.29, 1.82) is 0 Å². The molecule has 0 saturated heterocycles. The average molecular weight is 458 g/mol. The van der Waals surface area contributed by atoms with Gasteiger partial charge >= 0.3 is 0 Å². The van der Waals surface area contributed by atoms with Gasteiger partial charge in [-0.05, 0) is 69.3 Å². The van der Waals surface area contributed by atoms with Gasteiger partial charge in [0.15, 0.2) is 0 Å². The lowest BCUT2D eigenvalue weighted by Crippen LogP contribution is -2.17. The van der Waals surface area contributed by atoms with Crippen LogP contribution in [0.2, 0.25) is 0 Å². The zero-order valence-corrected chi connectivity index (χ0v) is 16.4. The Bertz CT molecular complexity index is 620. The van der Waals surface area contributed by atoms with Crippen LogP contribution in [-0.4, -0.2) is 0 Å². The fourth-order valence-electron chi connectivity index (χ4n) is 2.28. The first-order valence-corrected chi connectivity index (χ1v) is 9.03. The minimum atomic E-state index is -0.104. The van der Waals surface area contributed by atoms with E-state index in [-0.39, 0.29) is 11.5 Å². The van der Waals surface area contributed by atoms with E-state index in [1.54, 1.807) is 0 Å². The Morgan fingerprint density at radius 1 is 1.14 bits per heavy atom. The highest BCUT2D eigenvalue weighted by molar-refractivity contribution is 14.1. The van der Waals surface area contributed by atoms with E-state index in [1.807, 2.05) is 0 Å².